The molecule has 0 aliphatic carbocycles. The van der Waals surface area contributed by atoms with E-state index in [9.17, 15) is 4.79 Å². The third-order valence-electron chi connectivity index (χ3n) is 0.136. The molecular formula is C3H6O2. The average Bonchev–Trinajstić information content (AvgIpc) is 1.84. The molecule has 30 valence electrons. The summed E-state index contributed by atoms with van der Waals surface area (Å²) in [5, 5.41) is 3.36. The Labute approximate surface area is 36.1 Å². The first-order chi connectivity index (χ1) is 4.09. The van der Waals surface area contributed by atoms with Crippen molar-refractivity contribution in [2.24, 2.45) is 0 Å². The minimum absolute atomic E-state index is 1.16. The fourth-order valence-corrected chi connectivity index (χ4v) is 0. The fourth-order valence-electron chi connectivity index (χ4n) is 0. The Hall–Kier alpha value is -0.530. The molecule has 1 N–H and O–H groups in total. The SMILES string of the molecule is [2H]OC(=O)C([2H])C([2H])[2H]. The molecule has 0 saturated heterocycles. The summed E-state index contributed by atoms with van der Waals surface area (Å²) in [5.74, 6) is -1.16. The Morgan fingerprint density at radius 3 is 3.80 bits per heavy atom. The van der Waals surface area contributed by atoms with Crippen molar-refractivity contribution >= 4 is 5.97 Å². The summed E-state index contributed by atoms with van der Waals surface area (Å²) in [7, 11) is 0. The zero-order chi connectivity index (χ0) is 7.44. The van der Waals surface area contributed by atoms with Gasteiger partial charge in [0, 0.05) is 10.5 Å². The molecule has 0 aliphatic rings. The molecule has 0 radical (unpaired) electrons. The second kappa shape index (κ2) is 1.76. The summed E-state index contributed by atoms with van der Waals surface area (Å²) in [6.45, 7) is -1.58. The van der Waals surface area contributed by atoms with Gasteiger partial charge in [0.15, 0.2) is 0 Å². The summed E-state index contributed by atoms with van der Waals surface area (Å²) < 4.78 is 25.7. The van der Waals surface area contributed by atoms with Crippen molar-refractivity contribution in [2.75, 3.05) is 0 Å². The highest BCUT2D eigenvalue weighted by Gasteiger charge is 1.80. The van der Waals surface area contributed by atoms with E-state index >= 15 is 0 Å². The third-order valence-corrected chi connectivity index (χ3v) is 0.136. The van der Waals surface area contributed by atoms with Crippen LogP contribution >= 0.6 is 0 Å². The number of hydrogen-bond acceptors (Lipinski definition) is 2. The lowest BCUT2D eigenvalue weighted by Gasteiger charge is -1.71. The molecule has 0 fully saturated rings. The topological polar surface area (TPSA) is 37.3 Å². The lowest BCUT2D eigenvalue weighted by atomic mass is 10.5. The first kappa shape index (κ1) is 0.965. The van der Waals surface area contributed by atoms with Gasteiger partial charge in [0.2, 0.25) is 0 Å². The third kappa shape index (κ3) is 3.47. The molecule has 0 aromatic carbocycles. The minimum atomic E-state index is -1.58. The van der Waals surface area contributed by atoms with Gasteiger partial charge in [-0.1, -0.05) is 6.88 Å². The molecule has 2 heteroatoms. The van der Waals surface area contributed by atoms with Crippen LogP contribution in [0.25, 0.3) is 1.43 Å². The summed E-state index contributed by atoms with van der Waals surface area (Å²) in [6, 6.07) is 0. The van der Waals surface area contributed by atoms with Crippen molar-refractivity contribution in [1.82, 2.24) is 0 Å². The van der Waals surface area contributed by atoms with Crippen LogP contribution in [0.5, 0.6) is 0 Å². The van der Waals surface area contributed by atoms with Crippen molar-refractivity contribution in [3.05, 3.63) is 0 Å². The van der Waals surface area contributed by atoms with Gasteiger partial charge in [-0.25, -0.2) is 0 Å². The average molecular weight is 78.1 g/mol. The van der Waals surface area contributed by atoms with Gasteiger partial charge < -0.3 is 5.11 Å². The molecule has 0 rings (SSSR count). The van der Waals surface area contributed by atoms with E-state index in [-0.39, 0.29) is 0 Å². The van der Waals surface area contributed by atoms with E-state index in [4.69, 9.17) is 5.54 Å². The molecule has 0 spiro atoms. The molecule has 5 heavy (non-hydrogen) atoms. The van der Waals surface area contributed by atoms with Crippen LogP contribution in [0.15, 0.2) is 0 Å². The maximum absolute atomic E-state index is 10.1. The van der Waals surface area contributed by atoms with Crippen molar-refractivity contribution < 1.29 is 14.0 Å². The van der Waals surface area contributed by atoms with E-state index in [0.29, 0.717) is 0 Å². The van der Waals surface area contributed by atoms with Gasteiger partial charge in [0.1, 0.15) is 0 Å². The summed E-state index contributed by atoms with van der Waals surface area (Å²) in [6.07, 6.45) is -1.58. The number of aliphatic carboxylic acids is 1. The number of hydrogen-bond donors (Lipinski definition) is 1. The first-order valence-electron chi connectivity index (χ1n) is 3.17. The van der Waals surface area contributed by atoms with Crippen LogP contribution in [0.3, 0.4) is 0 Å². The Bertz CT molecular complexity index is 104. The molecule has 2 nitrogen and oxygen atoms in total. The first-order valence-corrected chi connectivity index (χ1v) is 1.03. The van der Waals surface area contributed by atoms with Gasteiger partial charge in [-0.3, -0.25) is 4.79 Å². The van der Waals surface area contributed by atoms with Crippen molar-refractivity contribution in [1.29, 1.82) is 1.43 Å². The molecule has 0 bridgehead atoms. The highest BCUT2D eigenvalue weighted by Crippen LogP contribution is 1.67. The van der Waals surface area contributed by atoms with Crippen LogP contribution in [0.4, 0.5) is 0 Å². The normalized spacial score (nSPS) is 25.0. The van der Waals surface area contributed by atoms with E-state index in [1.807, 2.05) is 0 Å². The summed E-state index contributed by atoms with van der Waals surface area (Å²) in [5.41, 5.74) is 0. The molecule has 1 unspecified atom stereocenters. The van der Waals surface area contributed by atoms with Crippen LogP contribution in [0.1, 0.15) is 17.4 Å². The summed E-state index contributed by atoms with van der Waals surface area (Å²) in [4.78, 5) is 10.1. The molecule has 0 aromatic rings. The van der Waals surface area contributed by atoms with Gasteiger partial charge >= 0.3 is 5.97 Å². The Morgan fingerprint density at radius 2 is 3.60 bits per heavy atom. The van der Waals surface area contributed by atoms with Crippen molar-refractivity contribution in [3.8, 4) is 0 Å². The number of carboxylic acids is 1. The quantitative estimate of drug-likeness (QED) is 0.495. The zero-order valence-electron chi connectivity index (χ0n) is 6.47. The molecule has 0 heterocycles. The van der Waals surface area contributed by atoms with Gasteiger partial charge in [-0.05, 0) is 0 Å². The Morgan fingerprint density at radius 1 is 2.80 bits per heavy atom. The highest BCUT2D eigenvalue weighted by atomic mass is 16.4. The lowest BCUT2D eigenvalue weighted by Crippen LogP contribution is -1.86. The van der Waals surface area contributed by atoms with Crippen LogP contribution in [-0.4, -0.2) is 11.1 Å². The Balaban J connectivity index is 3.72. The van der Waals surface area contributed by atoms with Crippen molar-refractivity contribution in [3.63, 3.8) is 0 Å². The van der Waals surface area contributed by atoms with E-state index in [1.165, 1.54) is 0 Å². The van der Waals surface area contributed by atoms with E-state index in [1.54, 1.807) is 0 Å². The lowest BCUT2D eigenvalue weighted by molar-refractivity contribution is -0.136. The minimum Gasteiger partial charge on any atom is -0.481 e. The molecular weight excluding hydrogens is 68.0 g/mol. The van der Waals surface area contributed by atoms with Gasteiger partial charge in [0.25, 0.3) is 1.43 Å². The predicted octanol–water partition coefficient (Wildman–Crippen LogP) is 0.481. The van der Waals surface area contributed by atoms with Gasteiger partial charge in [-0.2, -0.15) is 0 Å². The van der Waals surface area contributed by atoms with Crippen LogP contribution in [0.2, 0.25) is 0 Å². The van der Waals surface area contributed by atoms with Crippen LogP contribution < -0.4 is 0 Å². The molecule has 0 aromatic heterocycles. The van der Waals surface area contributed by atoms with Gasteiger partial charge in [-0.15, -0.1) is 0 Å². The van der Waals surface area contributed by atoms with Crippen LogP contribution in [-0.2, 0) is 4.79 Å². The van der Waals surface area contributed by atoms with Gasteiger partial charge in [0.05, 0.1) is 0 Å². The predicted molar refractivity (Wildman–Crippen MR) is 17.9 cm³/mol. The smallest absolute Gasteiger partial charge is 0.303 e. The van der Waals surface area contributed by atoms with Crippen LogP contribution in [0, 0.1) is 0 Å². The standard InChI is InChI=1S/C3H6O2/c1-2-3(4)5/h2H2,1H3,(H,4,5)/i1D2,2D/hD. The number of carboxylic acid groups (broad SMARTS) is 1. The maximum Gasteiger partial charge on any atom is 0.303 e. The molecule has 0 aliphatic heterocycles. The number of rotatable bonds is 1. The maximum atomic E-state index is 10.1. The molecule has 0 amide bonds. The second-order valence-electron chi connectivity index (χ2n) is 0.486. The molecule has 0 saturated carbocycles. The Kier molecular flexibility index (Phi) is 0.339. The van der Waals surface area contributed by atoms with Crippen molar-refractivity contribution in [2.45, 2.75) is 13.3 Å². The monoisotopic (exact) mass is 78.1 g/mol. The zero-order valence-corrected chi connectivity index (χ0v) is 2.47. The summed E-state index contributed by atoms with van der Waals surface area (Å²) >= 11 is 0. The van der Waals surface area contributed by atoms with E-state index < -0.39 is 19.2 Å². The number of carbonyl (C=O) groups is 1. The fraction of sp³-hybridized carbons (Fsp3) is 0.667. The largest absolute Gasteiger partial charge is 0.481 e. The van der Waals surface area contributed by atoms with E-state index in [2.05, 4.69) is 5.11 Å². The van der Waals surface area contributed by atoms with E-state index in [0.717, 1.165) is 0 Å². The molecule has 1 atom stereocenters. The highest BCUT2D eigenvalue weighted by molar-refractivity contribution is 5.66. The second-order valence-corrected chi connectivity index (χ2v) is 0.486.